The maximum Gasteiger partial charge on any atom is 0.243 e. The topological polar surface area (TPSA) is 75.3 Å². The summed E-state index contributed by atoms with van der Waals surface area (Å²) >= 11 is 0. The highest BCUT2D eigenvalue weighted by atomic mass is 32.2. The number of aromatic nitrogens is 2. The lowest BCUT2D eigenvalue weighted by atomic mass is 9.94. The number of nitrogens with one attached hydrogen (secondary N) is 1. The molecule has 1 atom stereocenters. The van der Waals surface area contributed by atoms with Crippen LogP contribution in [-0.2, 0) is 10.0 Å². The highest BCUT2D eigenvalue weighted by Gasteiger charge is 2.32. The van der Waals surface area contributed by atoms with Crippen LogP contribution in [0.15, 0.2) is 35.4 Å². The van der Waals surface area contributed by atoms with Crippen LogP contribution in [0.4, 0.5) is 0 Å². The molecular formula is C16H21N3O3S. The molecule has 3 rings (SSSR count). The summed E-state index contributed by atoms with van der Waals surface area (Å²) in [5, 5.41) is 7.07. The van der Waals surface area contributed by atoms with Crippen molar-refractivity contribution in [1.29, 1.82) is 0 Å². The second-order valence-corrected chi connectivity index (χ2v) is 7.78. The maximum absolute atomic E-state index is 12.8. The largest absolute Gasteiger partial charge is 0.497 e. The summed E-state index contributed by atoms with van der Waals surface area (Å²) in [5.74, 6) is 0.813. The van der Waals surface area contributed by atoms with Crippen LogP contribution in [0.25, 0.3) is 0 Å². The first-order chi connectivity index (χ1) is 11.0. The van der Waals surface area contributed by atoms with E-state index in [1.807, 2.05) is 6.92 Å². The van der Waals surface area contributed by atoms with Gasteiger partial charge in [0, 0.05) is 24.7 Å². The standard InChI is InChI=1S/C16H21N3O3S/c1-12-10-17-18-16(12)13-4-3-9-19(11-13)23(20,21)15-7-5-14(22-2)6-8-15/h5-8,10,13H,3-4,9,11H2,1-2H3,(H,17,18). The van der Waals surface area contributed by atoms with Crippen molar-refractivity contribution in [3.05, 3.63) is 41.7 Å². The fourth-order valence-corrected chi connectivity index (χ4v) is 4.59. The lowest BCUT2D eigenvalue weighted by Crippen LogP contribution is -2.39. The van der Waals surface area contributed by atoms with Gasteiger partial charge < -0.3 is 4.74 Å². The van der Waals surface area contributed by atoms with Gasteiger partial charge in [-0.3, -0.25) is 5.10 Å². The fraction of sp³-hybridized carbons (Fsp3) is 0.438. The second kappa shape index (κ2) is 6.33. The number of benzene rings is 1. The lowest BCUT2D eigenvalue weighted by Gasteiger charge is -2.31. The van der Waals surface area contributed by atoms with Gasteiger partial charge in [0.25, 0.3) is 0 Å². The van der Waals surface area contributed by atoms with Crippen LogP contribution in [0.5, 0.6) is 5.75 Å². The van der Waals surface area contributed by atoms with E-state index in [-0.39, 0.29) is 5.92 Å². The summed E-state index contributed by atoms with van der Waals surface area (Å²) in [5.41, 5.74) is 2.12. The van der Waals surface area contributed by atoms with Gasteiger partial charge >= 0.3 is 0 Å². The number of nitrogens with zero attached hydrogens (tertiary/aromatic N) is 2. The van der Waals surface area contributed by atoms with Gasteiger partial charge in [0.05, 0.1) is 18.2 Å². The van der Waals surface area contributed by atoms with Crippen molar-refractivity contribution in [2.75, 3.05) is 20.2 Å². The first-order valence-electron chi connectivity index (χ1n) is 7.66. The van der Waals surface area contributed by atoms with Crippen LogP contribution < -0.4 is 4.74 Å². The summed E-state index contributed by atoms with van der Waals surface area (Å²) < 4.78 is 32.4. The van der Waals surface area contributed by atoms with E-state index >= 15 is 0 Å². The molecule has 0 amide bonds. The fourth-order valence-electron chi connectivity index (χ4n) is 3.06. The van der Waals surface area contributed by atoms with Crippen LogP contribution in [-0.4, -0.2) is 43.1 Å². The number of H-pyrrole nitrogens is 1. The SMILES string of the molecule is COc1ccc(S(=O)(=O)N2CCCC(c3[nH]ncc3C)C2)cc1. The Bertz CT molecular complexity index is 768. The first-order valence-corrected chi connectivity index (χ1v) is 9.10. The van der Waals surface area contributed by atoms with E-state index in [1.165, 1.54) is 0 Å². The molecule has 1 N–H and O–H groups in total. The molecule has 1 unspecified atom stereocenters. The molecule has 1 saturated heterocycles. The summed E-state index contributed by atoms with van der Waals surface area (Å²) in [7, 11) is -1.92. The molecule has 0 radical (unpaired) electrons. The van der Waals surface area contributed by atoms with Crippen LogP contribution in [0.2, 0.25) is 0 Å². The first kappa shape index (κ1) is 16.0. The average Bonchev–Trinajstić information content (AvgIpc) is 3.01. The number of sulfonamides is 1. The van der Waals surface area contributed by atoms with Crippen LogP contribution >= 0.6 is 0 Å². The quantitative estimate of drug-likeness (QED) is 0.930. The van der Waals surface area contributed by atoms with Gasteiger partial charge in [0.1, 0.15) is 5.75 Å². The number of hydrogen-bond donors (Lipinski definition) is 1. The third-order valence-electron chi connectivity index (χ3n) is 4.36. The Morgan fingerprint density at radius 1 is 1.30 bits per heavy atom. The molecule has 0 bridgehead atoms. The third kappa shape index (κ3) is 3.11. The van der Waals surface area contributed by atoms with Gasteiger partial charge in [-0.1, -0.05) is 0 Å². The molecule has 0 saturated carbocycles. The Morgan fingerprint density at radius 3 is 2.65 bits per heavy atom. The minimum Gasteiger partial charge on any atom is -0.497 e. The van der Waals surface area contributed by atoms with E-state index in [0.717, 1.165) is 24.1 Å². The molecule has 0 aliphatic carbocycles. The predicted octanol–water partition coefficient (Wildman–Crippen LogP) is 2.30. The van der Waals surface area contributed by atoms with E-state index in [9.17, 15) is 8.42 Å². The summed E-state index contributed by atoms with van der Waals surface area (Å²) in [6.45, 7) is 3.03. The summed E-state index contributed by atoms with van der Waals surface area (Å²) in [4.78, 5) is 0.306. The van der Waals surface area contributed by atoms with Crippen molar-refractivity contribution in [2.24, 2.45) is 0 Å². The molecule has 1 aromatic carbocycles. The predicted molar refractivity (Wildman–Crippen MR) is 87.1 cm³/mol. The number of aromatic amines is 1. The van der Waals surface area contributed by atoms with Gasteiger partial charge in [0.15, 0.2) is 0 Å². The Kier molecular flexibility index (Phi) is 4.41. The molecule has 1 fully saturated rings. The Hall–Kier alpha value is -1.86. The third-order valence-corrected chi connectivity index (χ3v) is 6.24. The van der Waals surface area contributed by atoms with Gasteiger partial charge in [-0.05, 0) is 49.6 Å². The van der Waals surface area contributed by atoms with Crippen LogP contribution in [0.3, 0.4) is 0 Å². The molecule has 1 aliphatic rings. The molecular weight excluding hydrogens is 314 g/mol. The molecule has 124 valence electrons. The number of ether oxygens (including phenoxy) is 1. The minimum absolute atomic E-state index is 0.166. The Labute approximate surface area is 136 Å². The number of piperidine rings is 1. The number of aryl methyl sites for hydroxylation is 1. The zero-order chi connectivity index (χ0) is 16.4. The molecule has 1 aromatic heterocycles. The van der Waals surface area contributed by atoms with Crippen molar-refractivity contribution in [3.8, 4) is 5.75 Å². The van der Waals surface area contributed by atoms with E-state index in [2.05, 4.69) is 10.2 Å². The molecule has 2 aromatic rings. The van der Waals surface area contributed by atoms with E-state index in [1.54, 1.807) is 41.9 Å². The Balaban J connectivity index is 1.83. The Morgan fingerprint density at radius 2 is 2.04 bits per heavy atom. The molecule has 0 spiro atoms. The van der Waals surface area contributed by atoms with Gasteiger partial charge in [-0.25, -0.2) is 8.42 Å². The van der Waals surface area contributed by atoms with Crippen LogP contribution in [0, 0.1) is 6.92 Å². The van der Waals surface area contributed by atoms with Crippen molar-refractivity contribution in [2.45, 2.75) is 30.6 Å². The number of rotatable bonds is 4. The monoisotopic (exact) mass is 335 g/mol. The normalized spacial score (nSPS) is 19.7. The van der Waals surface area contributed by atoms with Crippen molar-refractivity contribution in [1.82, 2.24) is 14.5 Å². The molecule has 2 heterocycles. The highest BCUT2D eigenvalue weighted by Crippen LogP contribution is 2.31. The van der Waals surface area contributed by atoms with E-state index < -0.39 is 10.0 Å². The van der Waals surface area contributed by atoms with Gasteiger partial charge in [0.2, 0.25) is 10.0 Å². The smallest absolute Gasteiger partial charge is 0.243 e. The molecule has 23 heavy (non-hydrogen) atoms. The lowest BCUT2D eigenvalue weighted by molar-refractivity contribution is 0.312. The summed E-state index contributed by atoms with van der Waals surface area (Å²) in [6.07, 6.45) is 3.60. The van der Waals surface area contributed by atoms with Crippen LogP contribution in [0.1, 0.15) is 30.0 Å². The van der Waals surface area contributed by atoms with Crippen molar-refractivity contribution in [3.63, 3.8) is 0 Å². The zero-order valence-electron chi connectivity index (χ0n) is 13.3. The van der Waals surface area contributed by atoms with Gasteiger partial charge in [-0.15, -0.1) is 0 Å². The van der Waals surface area contributed by atoms with Crippen molar-refractivity contribution < 1.29 is 13.2 Å². The van der Waals surface area contributed by atoms with Gasteiger partial charge in [-0.2, -0.15) is 9.40 Å². The summed E-state index contributed by atoms with van der Waals surface area (Å²) in [6, 6.07) is 6.54. The molecule has 6 nitrogen and oxygen atoms in total. The zero-order valence-corrected chi connectivity index (χ0v) is 14.1. The minimum atomic E-state index is -3.48. The molecule has 7 heteroatoms. The van der Waals surface area contributed by atoms with E-state index in [0.29, 0.717) is 23.7 Å². The highest BCUT2D eigenvalue weighted by molar-refractivity contribution is 7.89. The van der Waals surface area contributed by atoms with Crippen molar-refractivity contribution >= 4 is 10.0 Å². The number of methoxy groups -OCH3 is 1. The second-order valence-electron chi connectivity index (χ2n) is 5.84. The number of hydrogen-bond acceptors (Lipinski definition) is 4. The average molecular weight is 335 g/mol. The molecule has 1 aliphatic heterocycles. The van der Waals surface area contributed by atoms with E-state index in [4.69, 9.17) is 4.74 Å². The maximum atomic E-state index is 12.8.